The monoisotopic (exact) mass is 490 g/mol. The number of amides is 2. The zero-order valence-corrected chi connectivity index (χ0v) is 20.7. The van der Waals surface area contributed by atoms with Gasteiger partial charge in [-0.15, -0.1) is 11.3 Å². The molecule has 0 aliphatic heterocycles. The van der Waals surface area contributed by atoms with Gasteiger partial charge in [0.1, 0.15) is 12.6 Å². The van der Waals surface area contributed by atoms with Gasteiger partial charge in [0.15, 0.2) is 0 Å². The van der Waals surface area contributed by atoms with Crippen LogP contribution in [0.3, 0.4) is 0 Å². The van der Waals surface area contributed by atoms with E-state index in [9.17, 15) is 9.59 Å². The number of ether oxygens (including phenoxy) is 1. The van der Waals surface area contributed by atoms with E-state index in [1.165, 1.54) is 4.88 Å². The summed E-state index contributed by atoms with van der Waals surface area (Å²) in [5, 5.41) is 8.87. The first-order valence-electron chi connectivity index (χ1n) is 11.5. The van der Waals surface area contributed by atoms with Crippen LogP contribution in [0.15, 0.2) is 78.3 Å². The molecule has 2 aromatic carbocycles. The predicted octanol–water partition coefficient (Wildman–Crippen LogP) is 4.49. The van der Waals surface area contributed by atoms with Gasteiger partial charge in [0.2, 0.25) is 5.91 Å². The van der Waals surface area contributed by atoms with Crippen molar-refractivity contribution >= 4 is 34.2 Å². The van der Waals surface area contributed by atoms with Crippen molar-refractivity contribution < 1.29 is 14.3 Å². The first-order valence-corrected chi connectivity index (χ1v) is 12.4. The van der Waals surface area contributed by atoms with E-state index < -0.39 is 12.1 Å². The molecule has 0 fully saturated rings. The average molecular weight is 491 g/mol. The number of fused-ring (bicyclic) bond motifs is 1. The summed E-state index contributed by atoms with van der Waals surface area (Å²) in [6, 6.07) is 20.7. The number of para-hydroxylation sites is 1. The van der Waals surface area contributed by atoms with Crippen molar-refractivity contribution in [2.24, 2.45) is 0 Å². The Labute approximate surface area is 209 Å². The maximum atomic E-state index is 13.3. The van der Waals surface area contributed by atoms with Gasteiger partial charge in [-0.2, -0.15) is 0 Å². The van der Waals surface area contributed by atoms with E-state index in [4.69, 9.17) is 4.74 Å². The minimum atomic E-state index is -0.788. The minimum absolute atomic E-state index is 0.0396. The molecule has 2 amide bonds. The molecule has 4 rings (SSSR count). The molecule has 0 bridgehead atoms. The number of carbonyl (C=O) groups is 2. The molecule has 35 heavy (non-hydrogen) atoms. The highest BCUT2D eigenvalue weighted by Crippen LogP contribution is 2.23. The van der Waals surface area contributed by atoms with Crippen molar-refractivity contribution in [3.05, 3.63) is 94.3 Å². The number of benzene rings is 2. The SMILES string of the molecule is CN(C)C(CNC(=O)[C@H](Cc1c[nH]c2ccccc12)NC(=O)OCc1ccccc1)c1cccs1. The van der Waals surface area contributed by atoms with Gasteiger partial charge < -0.3 is 25.3 Å². The highest BCUT2D eigenvalue weighted by Gasteiger charge is 2.25. The van der Waals surface area contributed by atoms with E-state index in [-0.39, 0.29) is 18.6 Å². The fourth-order valence-electron chi connectivity index (χ4n) is 3.98. The molecule has 2 atom stereocenters. The molecule has 4 aromatic rings. The number of carbonyl (C=O) groups excluding carboxylic acids is 2. The van der Waals surface area contributed by atoms with Crippen LogP contribution in [-0.4, -0.2) is 48.6 Å². The lowest BCUT2D eigenvalue weighted by Crippen LogP contribution is -2.49. The van der Waals surface area contributed by atoms with Gasteiger partial charge in [-0.3, -0.25) is 4.79 Å². The number of alkyl carbamates (subject to hydrolysis) is 1. The Kier molecular flexibility index (Phi) is 8.18. The highest BCUT2D eigenvalue weighted by atomic mass is 32.1. The number of nitrogens with zero attached hydrogens (tertiary/aromatic N) is 1. The second-order valence-electron chi connectivity index (χ2n) is 8.56. The summed E-state index contributed by atoms with van der Waals surface area (Å²) in [6.07, 6.45) is 1.59. The first kappa shape index (κ1) is 24.5. The molecule has 7 nitrogen and oxygen atoms in total. The molecule has 0 radical (unpaired) electrons. The first-order chi connectivity index (χ1) is 17.0. The maximum absolute atomic E-state index is 13.3. The fraction of sp³-hybridized carbons (Fsp3) is 0.259. The Morgan fingerprint density at radius 3 is 2.54 bits per heavy atom. The van der Waals surface area contributed by atoms with Crippen LogP contribution in [0.25, 0.3) is 10.9 Å². The number of likely N-dealkylation sites (N-methyl/N-ethyl adjacent to an activating group) is 1. The molecule has 0 aliphatic rings. The van der Waals surface area contributed by atoms with E-state index in [1.807, 2.05) is 86.3 Å². The Morgan fingerprint density at radius 1 is 1.03 bits per heavy atom. The number of aromatic amines is 1. The van der Waals surface area contributed by atoms with Crippen LogP contribution < -0.4 is 10.6 Å². The van der Waals surface area contributed by atoms with E-state index in [0.29, 0.717) is 13.0 Å². The number of hydrogen-bond acceptors (Lipinski definition) is 5. The number of aromatic nitrogens is 1. The normalized spacial score (nSPS) is 12.9. The maximum Gasteiger partial charge on any atom is 0.408 e. The van der Waals surface area contributed by atoms with Gasteiger partial charge >= 0.3 is 6.09 Å². The molecule has 3 N–H and O–H groups in total. The summed E-state index contributed by atoms with van der Waals surface area (Å²) < 4.78 is 5.39. The van der Waals surface area contributed by atoms with E-state index >= 15 is 0 Å². The second-order valence-corrected chi connectivity index (χ2v) is 9.54. The summed E-state index contributed by atoms with van der Waals surface area (Å²) in [6.45, 7) is 0.562. The van der Waals surface area contributed by atoms with Crippen LogP contribution in [0.2, 0.25) is 0 Å². The quantitative estimate of drug-likeness (QED) is 0.306. The number of thiophene rings is 1. The molecule has 0 aliphatic carbocycles. The van der Waals surface area contributed by atoms with Gasteiger partial charge in [0, 0.05) is 34.9 Å². The third-order valence-corrected chi connectivity index (χ3v) is 6.86. The van der Waals surface area contributed by atoms with E-state index in [2.05, 4.69) is 26.6 Å². The molecule has 182 valence electrons. The lowest BCUT2D eigenvalue weighted by molar-refractivity contribution is -0.123. The van der Waals surface area contributed by atoms with Gasteiger partial charge in [-0.05, 0) is 42.7 Å². The molecular formula is C27H30N4O3S. The smallest absolute Gasteiger partial charge is 0.408 e. The lowest BCUT2D eigenvalue weighted by atomic mass is 10.0. The number of H-pyrrole nitrogens is 1. The Bertz CT molecular complexity index is 1240. The largest absolute Gasteiger partial charge is 0.445 e. The van der Waals surface area contributed by atoms with Crippen LogP contribution in [0.4, 0.5) is 4.79 Å². The van der Waals surface area contributed by atoms with Crippen molar-refractivity contribution in [2.45, 2.75) is 25.1 Å². The summed E-state index contributed by atoms with van der Waals surface area (Å²) in [7, 11) is 3.97. The van der Waals surface area contributed by atoms with Crippen molar-refractivity contribution in [1.29, 1.82) is 0 Å². The number of nitrogens with one attached hydrogen (secondary N) is 3. The van der Waals surface area contributed by atoms with Gasteiger partial charge in [-0.25, -0.2) is 4.79 Å². The molecular weight excluding hydrogens is 460 g/mol. The average Bonchev–Trinajstić information content (AvgIpc) is 3.53. The summed E-state index contributed by atoms with van der Waals surface area (Å²) in [5.74, 6) is -0.254. The zero-order chi connectivity index (χ0) is 24.6. The van der Waals surface area contributed by atoms with Crippen LogP contribution in [0.1, 0.15) is 22.0 Å². The molecule has 0 spiro atoms. The summed E-state index contributed by atoms with van der Waals surface area (Å²) in [5.41, 5.74) is 2.82. The van der Waals surface area contributed by atoms with Crippen LogP contribution in [0, 0.1) is 0 Å². The summed E-state index contributed by atoms with van der Waals surface area (Å²) in [4.78, 5) is 32.4. The lowest BCUT2D eigenvalue weighted by Gasteiger charge is -2.25. The third kappa shape index (κ3) is 6.49. The van der Waals surface area contributed by atoms with Crippen molar-refractivity contribution in [3.8, 4) is 0 Å². The standard InChI is InChI=1S/C27H30N4O3S/c1-31(2)24(25-13-8-14-35-25)17-29-26(32)23(15-20-16-28-22-12-7-6-11-21(20)22)30-27(33)34-18-19-9-4-3-5-10-19/h3-14,16,23-24,28H,15,17-18H2,1-2H3,(H,29,32)(H,30,33)/t23-,24?/m0/s1. The van der Waals surface area contributed by atoms with E-state index in [1.54, 1.807) is 11.3 Å². The van der Waals surface area contributed by atoms with Crippen molar-refractivity contribution in [3.63, 3.8) is 0 Å². The van der Waals surface area contributed by atoms with Crippen molar-refractivity contribution in [1.82, 2.24) is 20.5 Å². The Balaban J connectivity index is 1.46. The highest BCUT2D eigenvalue weighted by molar-refractivity contribution is 7.10. The van der Waals surface area contributed by atoms with Crippen LogP contribution in [0.5, 0.6) is 0 Å². The Hall–Kier alpha value is -3.62. The Morgan fingerprint density at radius 2 is 1.80 bits per heavy atom. The van der Waals surface area contributed by atoms with Gasteiger partial charge in [0.05, 0.1) is 6.04 Å². The van der Waals surface area contributed by atoms with Crippen LogP contribution in [-0.2, 0) is 22.6 Å². The topological polar surface area (TPSA) is 86.5 Å². The molecule has 2 heterocycles. The summed E-state index contributed by atoms with van der Waals surface area (Å²) >= 11 is 1.65. The molecule has 1 unspecified atom stereocenters. The minimum Gasteiger partial charge on any atom is -0.445 e. The van der Waals surface area contributed by atoms with Crippen molar-refractivity contribution in [2.75, 3.05) is 20.6 Å². The van der Waals surface area contributed by atoms with Gasteiger partial charge in [0.25, 0.3) is 0 Å². The number of hydrogen-bond donors (Lipinski definition) is 3. The van der Waals surface area contributed by atoms with Crippen LogP contribution >= 0.6 is 11.3 Å². The molecule has 0 saturated carbocycles. The fourth-order valence-corrected chi connectivity index (χ4v) is 4.90. The third-order valence-electron chi connectivity index (χ3n) is 5.88. The number of rotatable bonds is 10. The second kappa shape index (κ2) is 11.7. The molecule has 0 saturated heterocycles. The molecule has 2 aromatic heterocycles. The van der Waals surface area contributed by atoms with E-state index in [0.717, 1.165) is 22.0 Å². The van der Waals surface area contributed by atoms with Gasteiger partial charge in [-0.1, -0.05) is 54.6 Å². The molecule has 8 heteroatoms. The predicted molar refractivity (Wildman–Crippen MR) is 139 cm³/mol. The zero-order valence-electron chi connectivity index (χ0n) is 19.9.